The summed E-state index contributed by atoms with van der Waals surface area (Å²) in [7, 11) is 0. The molecule has 520 valence electrons. The summed E-state index contributed by atoms with van der Waals surface area (Å²) < 4.78 is 5.81. The van der Waals surface area contributed by atoms with Gasteiger partial charge in [-0.2, -0.15) is 0 Å². The molecule has 16 aromatic carbocycles. The number of fused-ring (bicyclic) bond motifs is 12. The number of para-hydroxylation sites is 4. The molecule has 4 nitrogen and oxygen atoms in total. The zero-order valence-corrected chi connectivity index (χ0v) is 61.8. The Morgan fingerprint density at radius 1 is 0.250 bits per heavy atom. The molecule has 2 aliphatic rings. The number of halogens is 1. The Bertz CT molecular complexity index is 6300. The van der Waals surface area contributed by atoms with Crippen LogP contribution in [0.5, 0.6) is 0 Å². The van der Waals surface area contributed by atoms with E-state index in [2.05, 4.69) is 445 Å². The third kappa shape index (κ3) is 12.6. The minimum Gasteiger partial charge on any atom is -0.356 e. The van der Waals surface area contributed by atoms with Crippen LogP contribution in [0.3, 0.4) is 0 Å². The Morgan fingerprint density at radius 2 is 0.574 bits per heavy atom. The van der Waals surface area contributed by atoms with Crippen LogP contribution in [0.2, 0.25) is 0 Å². The van der Waals surface area contributed by atoms with Gasteiger partial charge in [0.1, 0.15) is 0 Å². The van der Waals surface area contributed by atoms with E-state index < -0.39 is 0 Å². The van der Waals surface area contributed by atoms with E-state index in [0.717, 1.165) is 32.9 Å². The maximum Gasteiger partial charge on any atom is 0.0541 e. The number of benzene rings is 16. The van der Waals surface area contributed by atoms with Gasteiger partial charge in [0.15, 0.2) is 0 Å². The van der Waals surface area contributed by atoms with Crippen LogP contribution in [0.25, 0.3) is 122 Å². The van der Waals surface area contributed by atoms with Crippen LogP contribution < -0.4 is 10.2 Å². The Balaban J connectivity index is 0.000000130. The molecule has 0 radical (unpaired) electrons. The van der Waals surface area contributed by atoms with Crippen LogP contribution in [-0.2, 0) is 10.8 Å². The minimum absolute atomic E-state index is 0. The zero-order valence-electron chi connectivity index (χ0n) is 60.2. The van der Waals surface area contributed by atoms with E-state index in [1.807, 2.05) is 6.07 Å². The van der Waals surface area contributed by atoms with E-state index in [1.54, 1.807) is 0 Å². The van der Waals surface area contributed by atoms with Gasteiger partial charge in [-0.3, -0.25) is 0 Å². The van der Waals surface area contributed by atoms with Gasteiger partial charge in [-0.25, -0.2) is 0 Å². The number of aromatic nitrogens is 2. The topological polar surface area (TPSA) is 25.1 Å². The SMILES string of the molecule is Brc1ccc(-c2ccc3c(c2)c2ccccc2n3-c2ccccc2)cc1.C.CC1(C)c2ccccc2-c2ccc(N(c3ccc(-c4ccccc4)cc3)c3ccc(-c4ccc5c(c4)c4ccccc4n5-c4ccccc4)cc3)cc21.CC1(C)c2ccccc2-c2ccc(Nc3ccc(-c4ccccc4)cc3)cc21. The fourth-order valence-corrected chi connectivity index (χ4v) is 16.8. The van der Waals surface area contributed by atoms with Crippen molar-refractivity contribution in [2.45, 2.75) is 46.0 Å². The first-order valence-corrected chi connectivity index (χ1v) is 37.7. The summed E-state index contributed by atoms with van der Waals surface area (Å²) in [5, 5.41) is 8.66. The smallest absolute Gasteiger partial charge is 0.0541 e. The lowest BCUT2D eigenvalue weighted by molar-refractivity contribution is 0.660. The van der Waals surface area contributed by atoms with Crippen molar-refractivity contribution in [3.63, 3.8) is 0 Å². The van der Waals surface area contributed by atoms with Crippen LogP contribution in [0, 0.1) is 0 Å². The second-order valence-corrected chi connectivity index (χ2v) is 30.0. The lowest BCUT2D eigenvalue weighted by atomic mass is 9.82. The molecule has 0 saturated carbocycles. The molecule has 2 aliphatic carbocycles. The first-order chi connectivity index (χ1) is 52.5. The van der Waals surface area contributed by atoms with E-state index in [1.165, 1.54) is 144 Å². The highest BCUT2D eigenvalue weighted by molar-refractivity contribution is 9.10. The fourth-order valence-electron chi connectivity index (χ4n) is 16.5. The van der Waals surface area contributed by atoms with E-state index in [-0.39, 0.29) is 18.3 Å². The average Bonchev–Trinajstić information content (AvgIpc) is 1.62. The van der Waals surface area contributed by atoms with Gasteiger partial charge in [-0.1, -0.05) is 306 Å². The van der Waals surface area contributed by atoms with Gasteiger partial charge in [0.05, 0.1) is 22.1 Å². The molecule has 0 amide bonds. The molecule has 0 aliphatic heterocycles. The van der Waals surface area contributed by atoms with Crippen molar-refractivity contribution in [1.82, 2.24) is 9.13 Å². The summed E-state index contributed by atoms with van der Waals surface area (Å²) in [5.41, 5.74) is 33.5. The molecule has 0 saturated heterocycles. The standard InChI is InChI=1S/C51H38N2.C27H23N.C24H16BrN.CH4/c1-51(2)47-19-11-9-17-43(47)44-31-30-42(34-48(44)51)52(40-26-21-36(22-27-40)35-13-5-3-6-14-35)41-28-23-37(24-29-41)38-25-32-50-46(33-38)45-18-10-12-20-49(45)53(50)39-15-7-4-8-16-39;1-27(2)25-11-7-6-10-23(25)24-17-16-22(18-26(24)27)28-21-14-12-20(13-15-21)19-8-4-3-5-9-19;25-19-13-10-17(11-14-19)18-12-15-24-22(16-18)21-8-4-5-9-23(21)26(24)20-6-2-1-3-7-20;/h3-34H,1-2H3;3-18,28H,1-2H3;1-16H;1H4. The second kappa shape index (κ2) is 28.6. The molecule has 0 fully saturated rings. The minimum atomic E-state index is -0.0864. The summed E-state index contributed by atoms with van der Waals surface area (Å²) >= 11 is 3.52. The lowest BCUT2D eigenvalue weighted by Crippen LogP contribution is -2.16. The Hall–Kier alpha value is -12.8. The molecule has 0 atom stereocenters. The Morgan fingerprint density at radius 3 is 1.05 bits per heavy atom. The number of nitrogens with one attached hydrogen (secondary N) is 1. The zero-order chi connectivity index (χ0) is 72.2. The van der Waals surface area contributed by atoms with Gasteiger partial charge in [-0.05, 0) is 222 Å². The van der Waals surface area contributed by atoms with E-state index in [4.69, 9.17) is 0 Å². The second-order valence-electron chi connectivity index (χ2n) is 29.0. The molecule has 18 aromatic rings. The number of rotatable bonds is 11. The molecule has 5 heteroatoms. The van der Waals surface area contributed by atoms with Crippen molar-refractivity contribution in [2.75, 3.05) is 10.2 Å². The van der Waals surface area contributed by atoms with Gasteiger partial charge in [0.25, 0.3) is 0 Å². The summed E-state index contributed by atoms with van der Waals surface area (Å²) in [5.74, 6) is 0. The highest BCUT2D eigenvalue weighted by Crippen LogP contribution is 2.52. The van der Waals surface area contributed by atoms with E-state index in [0.29, 0.717) is 0 Å². The van der Waals surface area contributed by atoms with Gasteiger partial charge >= 0.3 is 0 Å². The maximum absolute atomic E-state index is 3.58. The first kappa shape index (κ1) is 68.3. The van der Waals surface area contributed by atoms with Gasteiger partial charge in [0.2, 0.25) is 0 Å². The predicted octanol–water partition coefficient (Wildman–Crippen LogP) is 29.1. The van der Waals surface area contributed by atoms with Crippen molar-refractivity contribution >= 4 is 88.0 Å². The van der Waals surface area contributed by atoms with Crippen molar-refractivity contribution in [2.24, 2.45) is 0 Å². The highest BCUT2D eigenvalue weighted by Gasteiger charge is 2.37. The quantitative estimate of drug-likeness (QED) is 0.140. The molecule has 20 rings (SSSR count). The summed E-state index contributed by atoms with van der Waals surface area (Å²) in [6.07, 6.45) is 0. The third-order valence-electron chi connectivity index (χ3n) is 21.9. The van der Waals surface area contributed by atoms with E-state index in [9.17, 15) is 0 Å². The van der Waals surface area contributed by atoms with Crippen LogP contribution >= 0.6 is 15.9 Å². The van der Waals surface area contributed by atoms with Gasteiger partial charge in [0, 0.05) is 76.7 Å². The third-order valence-corrected chi connectivity index (χ3v) is 22.5. The Kier molecular flexibility index (Phi) is 18.1. The monoisotopic (exact) mass is 1450 g/mol. The lowest BCUT2D eigenvalue weighted by Gasteiger charge is -2.28. The molecule has 1 N–H and O–H groups in total. The maximum atomic E-state index is 3.58. The first-order valence-electron chi connectivity index (χ1n) is 36.9. The van der Waals surface area contributed by atoms with Crippen LogP contribution in [0.15, 0.2) is 393 Å². The van der Waals surface area contributed by atoms with Crippen LogP contribution in [0.4, 0.5) is 28.4 Å². The van der Waals surface area contributed by atoms with Gasteiger partial charge < -0.3 is 19.4 Å². The fraction of sp³-hybridized carbons (Fsp3) is 0.0680. The number of hydrogen-bond donors (Lipinski definition) is 1. The largest absolute Gasteiger partial charge is 0.356 e. The van der Waals surface area contributed by atoms with E-state index >= 15 is 0 Å². The van der Waals surface area contributed by atoms with Crippen LogP contribution in [0.1, 0.15) is 57.4 Å². The van der Waals surface area contributed by atoms with Crippen LogP contribution in [-0.4, -0.2) is 9.13 Å². The highest BCUT2D eigenvalue weighted by atomic mass is 79.9. The summed E-state index contributed by atoms with van der Waals surface area (Å²) in [4.78, 5) is 2.40. The summed E-state index contributed by atoms with van der Waals surface area (Å²) in [6.45, 7) is 9.33. The number of nitrogens with zero attached hydrogens (tertiary/aromatic N) is 3. The molecule has 0 bridgehead atoms. The van der Waals surface area contributed by atoms with Gasteiger partial charge in [-0.15, -0.1) is 0 Å². The number of anilines is 5. The molecule has 108 heavy (non-hydrogen) atoms. The molecule has 0 spiro atoms. The molecule has 2 aromatic heterocycles. The van der Waals surface area contributed by atoms with Crippen molar-refractivity contribution < 1.29 is 0 Å². The van der Waals surface area contributed by atoms with Crippen molar-refractivity contribution in [1.29, 1.82) is 0 Å². The number of hydrogen-bond acceptors (Lipinski definition) is 2. The van der Waals surface area contributed by atoms with Crippen molar-refractivity contribution in [3.8, 4) is 78.1 Å². The normalized spacial score (nSPS) is 12.6. The molecule has 0 unspecified atom stereocenters. The van der Waals surface area contributed by atoms with Crippen molar-refractivity contribution in [3.05, 3.63) is 415 Å². The molecular weight excluding hydrogens is 1370 g/mol. The predicted molar refractivity (Wildman–Crippen MR) is 464 cm³/mol. The Labute approximate surface area is 641 Å². The summed E-state index contributed by atoms with van der Waals surface area (Å²) in [6, 6.07) is 140. The molecule has 2 heterocycles. The average molecular weight is 1450 g/mol. The molecular formula is C103H81BrN4.